The number of fused-ring (bicyclic) bond motifs is 1. The highest BCUT2D eigenvalue weighted by Gasteiger charge is 2.40. The van der Waals surface area contributed by atoms with Gasteiger partial charge in [-0.25, -0.2) is 26.7 Å². The average molecular weight is 512 g/mol. The van der Waals surface area contributed by atoms with Crippen molar-refractivity contribution in [3.05, 3.63) is 94.8 Å². The molecule has 0 saturated heterocycles. The van der Waals surface area contributed by atoms with Crippen LogP contribution in [0.5, 0.6) is 0 Å². The standard InChI is InChI=1S/C25H22FN3O6S/c1-28-21-12-9-19(23(30)27-14-16-5-10-20(26)11-6-16)13-22(21)36(33,34)29(25(28)32)15-17-3-7-18(8-4-17)24(31)35-2/h3-13H,14-15H2,1-2H3,(H,27,30). The van der Waals surface area contributed by atoms with Gasteiger partial charge in [0.2, 0.25) is 0 Å². The molecule has 1 heterocycles. The van der Waals surface area contributed by atoms with Gasteiger partial charge in [0.25, 0.3) is 15.9 Å². The third kappa shape index (κ3) is 4.78. The van der Waals surface area contributed by atoms with Gasteiger partial charge in [-0.15, -0.1) is 0 Å². The van der Waals surface area contributed by atoms with E-state index in [0.29, 0.717) is 15.4 Å². The summed E-state index contributed by atoms with van der Waals surface area (Å²) in [5, 5.41) is 2.67. The molecule has 3 aromatic rings. The number of rotatable bonds is 6. The van der Waals surface area contributed by atoms with Gasteiger partial charge in [0.1, 0.15) is 10.7 Å². The van der Waals surface area contributed by atoms with Crippen LogP contribution in [0.1, 0.15) is 31.8 Å². The number of benzene rings is 3. The molecule has 0 atom stereocenters. The van der Waals surface area contributed by atoms with E-state index in [1.54, 1.807) is 0 Å². The summed E-state index contributed by atoms with van der Waals surface area (Å²) in [7, 11) is -1.60. The highest BCUT2D eigenvalue weighted by Crippen LogP contribution is 2.35. The second kappa shape index (κ2) is 9.78. The summed E-state index contributed by atoms with van der Waals surface area (Å²) in [4.78, 5) is 38.3. The number of urea groups is 1. The van der Waals surface area contributed by atoms with Crippen LogP contribution in [0.2, 0.25) is 0 Å². The molecule has 3 aromatic carbocycles. The smallest absolute Gasteiger partial charge is 0.338 e. The van der Waals surface area contributed by atoms with E-state index >= 15 is 0 Å². The zero-order chi connectivity index (χ0) is 26.0. The van der Waals surface area contributed by atoms with Gasteiger partial charge in [-0.1, -0.05) is 24.3 Å². The number of carbonyl (C=O) groups is 3. The first-order chi connectivity index (χ1) is 17.1. The lowest BCUT2D eigenvalue weighted by molar-refractivity contribution is 0.0600. The third-order valence-electron chi connectivity index (χ3n) is 5.72. The predicted molar refractivity (Wildman–Crippen MR) is 128 cm³/mol. The van der Waals surface area contributed by atoms with Crippen molar-refractivity contribution in [3.63, 3.8) is 0 Å². The van der Waals surface area contributed by atoms with E-state index < -0.39 is 33.7 Å². The highest BCUT2D eigenvalue weighted by atomic mass is 32.2. The van der Waals surface area contributed by atoms with E-state index in [1.807, 2.05) is 0 Å². The van der Waals surface area contributed by atoms with Crippen LogP contribution in [0.25, 0.3) is 0 Å². The number of hydrogen-bond donors (Lipinski definition) is 1. The summed E-state index contributed by atoms with van der Waals surface area (Å²) in [6, 6.07) is 14.9. The van der Waals surface area contributed by atoms with Gasteiger partial charge in [0.05, 0.1) is 24.9 Å². The number of amides is 3. The lowest BCUT2D eigenvalue weighted by Gasteiger charge is -2.34. The van der Waals surface area contributed by atoms with Gasteiger partial charge in [-0.3, -0.25) is 9.69 Å². The van der Waals surface area contributed by atoms with Crippen molar-refractivity contribution in [2.24, 2.45) is 0 Å². The number of anilines is 1. The Morgan fingerprint density at radius 1 is 0.944 bits per heavy atom. The molecule has 11 heteroatoms. The molecule has 0 spiro atoms. The minimum atomic E-state index is -4.29. The lowest BCUT2D eigenvalue weighted by Crippen LogP contribution is -2.48. The van der Waals surface area contributed by atoms with Crippen molar-refractivity contribution in [2.45, 2.75) is 18.0 Å². The molecule has 0 aliphatic carbocycles. The molecule has 1 N–H and O–H groups in total. The summed E-state index contributed by atoms with van der Waals surface area (Å²) in [6.07, 6.45) is 0. The first kappa shape index (κ1) is 24.9. The normalized spacial score (nSPS) is 14.2. The zero-order valence-electron chi connectivity index (χ0n) is 19.4. The zero-order valence-corrected chi connectivity index (χ0v) is 20.2. The minimum absolute atomic E-state index is 0.0876. The van der Waals surface area contributed by atoms with Crippen molar-refractivity contribution < 1.29 is 31.9 Å². The third-order valence-corrected chi connectivity index (χ3v) is 7.47. The highest BCUT2D eigenvalue weighted by molar-refractivity contribution is 7.90. The lowest BCUT2D eigenvalue weighted by atomic mass is 10.1. The van der Waals surface area contributed by atoms with Crippen LogP contribution in [-0.4, -0.2) is 44.8 Å². The molecule has 0 fully saturated rings. The molecule has 0 radical (unpaired) electrons. The van der Waals surface area contributed by atoms with E-state index in [0.717, 1.165) is 0 Å². The van der Waals surface area contributed by atoms with Crippen molar-refractivity contribution in [3.8, 4) is 0 Å². The molecular weight excluding hydrogens is 489 g/mol. The summed E-state index contributed by atoms with van der Waals surface area (Å²) in [6.45, 7) is -0.150. The first-order valence-electron chi connectivity index (χ1n) is 10.8. The Labute approximate surface area is 207 Å². The topological polar surface area (TPSA) is 113 Å². The minimum Gasteiger partial charge on any atom is -0.465 e. The van der Waals surface area contributed by atoms with Gasteiger partial charge in [-0.2, -0.15) is 0 Å². The number of sulfonamides is 1. The number of halogens is 1. The Kier molecular flexibility index (Phi) is 6.75. The number of hydrogen-bond acceptors (Lipinski definition) is 6. The van der Waals surface area contributed by atoms with Gasteiger partial charge < -0.3 is 10.1 Å². The molecular formula is C25H22FN3O6S. The van der Waals surface area contributed by atoms with E-state index in [1.165, 1.54) is 85.8 Å². The van der Waals surface area contributed by atoms with Crippen LogP contribution in [0, 0.1) is 5.82 Å². The fourth-order valence-electron chi connectivity index (χ4n) is 3.70. The van der Waals surface area contributed by atoms with E-state index in [4.69, 9.17) is 0 Å². The second-order valence-electron chi connectivity index (χ2n) is 8.03. The van der Waals surface area contributed by atoms with E-state index in [-0.39, 0.29) is 34.8 Å². The second-order valence-corrected chi connectivity index (χ2v) is 9.86. The van der Waals surface area contributed by atoms with Gasteiger partial charge in [0.15, 0.2) is 0 Å². The maximum Gasteiger partial charge on any atom is 0.338 e. The van der Waals surface area contributed by atoms with Crippen molar-refractivity contribution in [1.29, 1.82) is 0 Å². The predicted octanol–water partition coefficient (Wildman–Crippen LogP) is 3.30. The number of carbonyl (C=O) groups excluding carboxylic acids is 3. The van der Waals surface area contributed by atoms with Crippen LogP contribution >= 0.6 is 0 Å². The summed E-state index contributed by atoms with van der Waals surface area (Å²) in [5.74, 6) is -1.46. The Bertz CT molecular complexity index is 1440. The Balaban J connectivity index is 1.58. The van der Waals surface area contributed by atoms with Crippen LogP contribution in [0.15, 0.2) is 71.6 Å². The first-order valence-corrected chi connectivity index (χ1v) is 12.2. The van der Waals surface area contributed by atoms with Crippen LogP contribution in [0.3, 0.4) is 0 Å². The van der Waals surface area contributed by atoms with Crippen LogP contribution in [0.4, 0.5) is 14.9 Å². The molecule has 3 amide bonds. The molecule has 186 valence electrons. The summed E-state index contributed by atoms with van der Waals surface area (Å²) >= 11 is 0. The maximum absolute atomic E-state index is 13.4. The fourth-order valence-corrected chi connectivity index (χ4v) is 5.33. The Hall–Kier alpha value is -4.25. The number of methoxy groups -OCH3 is 1. The molecule has 0 aromatic heterocycles. The molecule has 0 bridgehead atoms. The number of nitrogens with zero attached hydrogens (tertiary/aromatic N) is 2. The van der Waals surface area contributed by atoms with E-state index in [9.17, 15) is 27.2 Å². The van der Waals surface area contributed by atoms with Crippen molar-refractivity contribution >= 4 is 33.6 Å². The van der Waals surface area contributed by atoms with E-state index in [2.05, 4.69) is 10.1 Å². The molecule has 0 saturated carbocycles. The molecule has 1 aliphatic rings. The summed E-state index contributed by atoms with van der Waals surface area (Å²) < 4.78 is 45.3. The molecule has 36 heavy (non-hydrogen) atoms. The molecule has 1 aliphatic heterocycles. The molecule has 9 nitrogen and oxygen atoms in total. The molecule has 0 unspecified atom stereocenters. The van der Waals surface area contributed by atoms with Crippen LogP contribution in [-0.2, 0) is 27.8 Å². The monoisotopic (exact) mass is 511 g/mol. The largest absolute Gasteiger partial charge is 0.465 e. The maximum atomic E-state index is 13.4. The molecule has 4 rings (SSSR count). The number of nitrogens with one attached hydrogen (secondary N) is 1. The average Bonchev–Trinajstić information content (AvgIpc) is 2.89. The SMILES string of the molecule is COC(=O)c1ccc(CN2C(=O)N(C)c3ccc(C(=O)NCc4ccc(F)cc4)cc3S2(=O)=O)cc1. The Morgan fingerprint density at radius 3 is 2.19 bits per heavy atom. The number of ether oxygens (including phenoxy) is 1. The Morgan fingerprint density at radius 2 is 1.56 bits per heavy atom. The van der Waals surface area contributed by atoms with Gasteiger partial charge in [-0.05, 0) is 53.6 Å². The van der Waals surface area contributed by atoms with Crippen molar-refractivity contribution in [1.82, 2.24) is 9.62 Å². The fraction of sp³-hybridized carbons (Fsp3) is 0.160. The van der Waals surface area contributed by atoms with Crippen molar-refractivity contribution in [2.75, 3.05) is 19.1 Å². The quantitative estimate of drug-likeness (QED) is 0.508. The summed E-state index contributed by atoms with van der Waals surface area (Å²) in [5.41, 5.74) is 1.67. The van der Waals surface area contributed by atoms with Gasteiger partial charge >= 0.3 is 12.0 Å². The van der Waals surface area contributed by atoms with Gasteiger partial charge in [0, 0.05) is 19.2 Å². The van der Waals surface area contributed by atoms with Crippen LogP contribution < -0.4 is 10.2 Å². The number of esters is 1.